The van der Waals surface area contributed by atoms with Crippen molar-refractivity contribution in [3.05, 3.63) is 30.7 Å². The number of hydrogen-bond donors (Lipinski definition) is 0. The fraction of sp³-hybridized carbons (Fsp3) is 0.643. The zero-order valence-corrected chi connectivity index (χ0v) is 9.25. The molecule has 0 aliphatic heterocycles. The van der Waals surface area contributed by atoms with Crippen LogP contribution in [0, 0.1) is 6.42 Å². The van der Waals surface area contributed by atoms with Crippen LogP contribution in [-0.2, 0) is 0 Å². The lowest BCUT2D eigenvalue weighted by Crippen LogP contribution is -1.82. The summed E-state index contributed by atoms with van der Waals surface area (Å²) in [5, 5.41) is 0. The third-order valence-corrected chi connectivity index (χ3v) is 2.72. The normalized spacial score (nSPS) is 21.7. The van der Waals surface area contributed by atoms with Crippen LogP contribution in [0.15, 0.2) is 24.3 Å². The van der Waals surface area contributed by atoms with Crippen molar-refractivity contribution in [1.82, 2.24) is 0 Å². The quantitative estimate of drug-likeness (QED) is 0.514. The summed E-state index contributed by atoms with van der Waals surface area (Å²) in [4.78, 5) is 0. The molecule has 0 nitrogen and oxygen atoms in total. The summed E-state index contributed by atoms with van der Waals surface area (Å²) in [6.45, 7) is 0. The van der Waals surface area contributed by atoms with Gasteiger partial charge in [-0.25, -0.2) is 0 Å². The first-order valence-electron chi connectivity index (χ1n) is 6.13. The molecule has 0 heteroatoms. The fourth-order valence-corrected chi connectivity index (χ4v) is 1.80. The van der Waals surface area contributed by atoms with E-state index < -0.39 is 0 Å². The first-order valence-corrected chi connectivity index (χ1v) is 6.13. The summed E-state index contributed by atoms with van der Waals surface area (Å²) in [5.41, 5.74) is 0. The first kappa shape index (κ1) is 11.6. The van der Waals surface area contributed by atoms with Crippen molar-refractivity contribution >= 4 is 0 Å². The van der Waals surface area contributed by atoms with Gasteiger partial charge in [0.05, 0.1) is 0 Å². The average Bonchev–Trinajstić information content (AvgIpc) is 2.22. The predicted molar refractivity (Wildman–Crippen MR) is 64.1 cm³/mol. The van der Waals surface area contributed by atoms with Crippen molar-refractivity contribution in [2.75, 3.05) is 0 Å². The van der Waals surface area contributed by atoms with E-state index in [1.807, 2.05) is 0 Å². The van der Waals surface area contributed by atoms with E-state index in [0.29, 0.717) is 0 Å². The molecule has 0 fully saturated rings. The van der Waals surface area contributed by atoms with E-state index in [1.165, 1.54) is 51.4 Å². The molecule has 0 aromatic rings. The van der Waals surface area contributed by atoms with E-state index in [1.54, 1.807) is 0 Å². The summed E-state index contributed by atoms with van der Waals surface area (Å²) < 4.78 is 0. The molecule has 14 heavy (non-hydrogen) atoms. The van der Waals surface area contributed by atoms with E-state index in [2.05, 4.69) is 30.7 Å². The van der Waals surface area contributed by atoms with Gasteiger partial charge in [-0.2, -0.15) is 0 Å². The van der Waals surface area contributed by atoms with Gasteiger partial charge >= 0.3 is 0 Å². The smallest absolute Gasteiger partial charge is 0.0316 e. The Morgan fingerprint density at radius 1 is 0.571 bits per heavy atom. The maximum Gasteiger partial charge on any atom is -0.0316 e. The lowest BCUT2D eigenvalue weighted by atomic mass is 10.1. The molecule has 0 heterocycles. The van der Waals surface area contributed by atoms with E-state index >= 15 is 0 Å². The van der Waals surface area contributed by atoms with Crippen LogP contribution in [0.5, 0.6) is 0 Å². The number of allylic oxidation sites excluding steroid dienone is 4. The van der Waals surface area contributed by atoms with Crippen LogP contribution in [-0.4, -0.2) is 0 Å². The van der Waals surface area contributed by atoms with Crippen molar-refractivity contribution in [1.29, 1.82) is 0 Å². The highest BCUT2D eigenvalue weighted by molar-refractivity contribution is 5.03. The van der Waals surface area contributed by atoms with Gasteiger partial charge in [0.25, 0.3) is 0 Å². The fourth-order valence-electron chi connectivity index (χ4n) is 1.80. The molecule has 1 radical (unpaired) electrons. The van der Waals surface area contributed by atoms with E-state index in [0.717, 1.165) is 6.42 Å². The minimum atomic E-state index is 1.14. The lowest BCUT2D eigenvalue weighted by molar-refractivity contribution is 0.593. The highest BCUT2D eigenvalue weighted by Crippen LogP contribution is 2.11. The van der Waals surface area contributed by atoms with Crippen LogP contribution in [0.2, 0.25) is 0 Å². The van der Waals surface area contributed by atoms with Gasteiger partial charge in [0.1, 0.15) is 0 Å². The molecule has 1 aliphatic rings. The maximum atomic E-state index is 2.40. The highest BCUT2D eigenvalue weighted by Gasteiger charge is 1.92. The summed E-state index contributed by atoms with van der Waals surface area (Å²) in [6, 6.07) is 0. The standard InChI is InChI=1S/C14H23/c1-2-4-6-8-10-12-14-13-11-9-7-5-3-1/h1-4,7H,5-6,8-14H2. The molecule has 0 unspecified atom stereocenters. The summed E-state index contributed by atoms with van der Waals surface area (Å²) in [7, 11) is 0. The Labute approximate surface area is 89.1 Å². The van der Waals surface area contributed by atoms with Crippen LogP contribution >= 0.6 is 0 Å². The molecule has 0 bridgehead atoms. The second-order valence-electron chi connectivity index (χ2n) is 4.08. The van der Waals surface area contributed by atoms with Crippen molar-refractivity contribution in [3.63, 3.8) is 0 Å². The second-order valence-corrected chi connectivity index (χ2v) is 4.08. The molecule has 79 valence electrons. The Morgan fingerprint density at radius 2 is 1.21 bits per heavy atom. The monoisotopic (exact) mass is 191 g/mol. The van der Waals surface area contributed by atoms with Gasteiger partial charge in [0.2, 0.25) is 0 Å². The van der Waals surface area contributed by atoms with Gasteiger partial charge in [-0.1, -0.05) is 56.4 Å². The Hall–Kier alpha value is -0.520. The van der Waals surface area contributed by atoms with E-state index in [4.69, 9.17) is 0 Å². The molecule has 0 spiro atoms. The van der Waals surface area contributed by atoms with Crippen molar-refractivity contribution in [2.45, 2.75) is 57.8 Å². The molecule has 0 N–H and O–H groups in total. The largest absolute Gasteiger partial charge is 0.0845 e. The van der Waals surface area contributed by atoms with Crippen LogP contribution < -0.4 is 0 Å². The molecular formula is C14H23. The molecule has 0 aromatic carbocycles. The predicted octanol–water partition coefficient (Wildman–Crippen LogP) is 4.83. The molecule has 0 saturated heterocycles. The Kier molecular flexibility index (Phi) is 7.47. The van der Waals surface area contributed by atoms with Crippen molar-refractivity contribution in [3.8, 4) is 0 Å². The summed E-state index contributed by atoms with van der Waals surface area (Å²) in [6.07, 6.45) is 23.5. The summed E-state index contributed by atoms with van der Waals surface area (Å²) in [5.74, 6) is 0. The zero-order valence-electron chi connectivity index (χ0n) is 9.25. The zero-order chi connectivity index (χ0) is 9.90. The molecular weight excluding hydrogens is 168 g/mol. The molecule has 1 rings (SSSR count). The Bertz CT molecular complexity index is 145. The number of hydrogen-bond acceptors (Lipinski definition) is 0. The first-order chi connectivity index (χ1) is 7.00. The SMILES string of the molecule is [CH]1CC=CC=CCCCCCCCC1. The third-order valence-electron chi connectivity index (χ3n) is 2.72. The van der Waals surface area contributed by atoms with E-state index in [9.17, 15) is 0 Å². The summed E-state index contributed by atoms with van der Waals surface area (Å²) >= 11 is 0. The minimum absolute atomic E-state index is 1.14. The van der Waals surface area contributed by atoms with Crippen LogP contribution in [0.25, 0.3) is 0 Å². The van der Waals surface area contributed by atoms with Gasteiger partial charge in [-0.05, 0) is 32.1 Å². The topological polar surface area (TPSA) is 0 Å². The lowest BCUT2D eigenvalue weighted by Gasteiger charge is -2.01. The minimum Gasteiger partial charge on any atom is -0.0845 e. The van der Waals surface area contributed by atoms with Crippen LogP contribution in [0.4, 0.5) is 0 Å². The van der Waals surface area contributed by atoms with Gasteiger partial charge < -0.3 is 0 Å². The van der Waals surface area contributed by atoms with Crippen LogP contribution in [0.3, 0.4) is 0 Å². The maximum absolute atomic E-state index is 2.40. The third kappa shape index (κ3) is 6.94. The van der Waals surface area contributed by atoms with Gasteiger partial charge in [0, 0.05) is 0 Å². The van der Waals surface area contributed by atoms with Gasteiger partial charge in [-0.3, -0.25) is 0 Å². The van der Waals surface area contributed by atoms with E-state index in [-0.39, 0.29) is 0 Å². The Morgan fingerprint density at radius 3 is 2.07 bits per heavy atom. The molecule has 0 atom stereocenters. The van der Waals surface area contributed by atoms with Crippen molar-refractivity contribution < 1.29 is 0 Å². The van der Waals surface area contributed by atoms with Gasteiger partial charge in [-0.15, -0.1) is 0 Å². The molecule has 1 aliphatic carbocycles. The van der Waals surface area contributed by atoms with Crippen LogP contribution in [0.1, 0.15) is 57.8 Å². The Balaban J connectivity index is 2.17. The second kappa shape index (κ2) is 9.05. The average molecular weight is 191 g/mol. The van der Waals surface area contributed by atoms with Gasteiger partial charge in [0.15, 0.2) is 0 Å². The molecule has 0 amide bonds. The molecule has 0 aromatic heterocycles. The molecule has 0 saturated carbocycles. The number of rotatable bonds is 0. The van der Waals surface area contributed by atoms with Crippen molar-refractivity contribution in [2.24, 2.45) is 0 Å². The highest BCUT2D eigenvalue weighted by atomic mass is 14.0.